The highest BCUT2D eigenvalue weighted by Crippen LogP contribution is 2.44. The van der Waals surface area contributed by atoms with Crippen molar-refractivity contribution in [2.24, 2.45) is 5.73 Å². The number of pyridine rings is 1. The molecule has 0 aliphatic heterocycles. The van der Waals surface area contributed by atoms with Crippen LogP contribution in [-0.4, -0.2) is 11.0 Å². The summed E-state index contributed by atoms with van der Waals surface area (Å²) in [6, 6.07) is 12.6. The standard InChI is InChI=1S/C20H22ClN3S/c1-12-18-20(25-19(12)14-8-5-9-15(14)22)16(10-17(21)24-18)23-11-13-6-3-2-4-7-13/h2-4,6-7,10,14-15H,5,8-9,11,22H2,1H3,(H,23,24)/t14-,15-/m1/s1. The number of aryl methyl sites for hydroxylation is 1. The van der Waals surface area contributed by atoms with Gasteiger partial charge in [-0.2, -0.15) is 0 Å². The number of nitrogens with zero attached hydrogens (tertiary/aromatic N) is 1. The van der Waals surface area contributed by atoms with Crippen molar-refractivity contribution in [1.82, 2.24) is 4.98 Å². The lowest BCUT2D eigenvalue weighted by atomic mass is 9.99. The number of halogens is 1. The molecule has 0 amide bonds. The number of fused-ring (bicyclic) bond motifs is 1. The van der Waals surface area contributed by atoms with Crippen molar-refractivity contribution in [3.05, 3.63) is 57.6 Å². The number of benzene rings is 1. The lowest BCUT2D eigenvalue weighted by Gasteiger charge is -2.14. The Morgan fingerprint density at radius 1 is 1.28 bits per heavy atom. The highest BCUT2D eigenvalue weighted by molar-refractivity contribution is 7.20. The van der Waals surface area contributed by atoms with Gasteiger partial charge in [0.2, 0.25) is 0 Å². The normalized spacial score (nSPS) is 20.3. The minimum absolute atomic E-state index is 0.267. The van der Waals surface area contributed by atoms with Crippen LogP contribution in [0.15, 0.2) is 36.4 Å². The van der Waals surface area contributed by atoms with Crippen molar-refractivity contribution in [2.45, 2.75) is 44.7 Å². The SMILES string of the molecule is Cc1c([C@@H]2CCC[C@H]2N)sc2c(NCc3ccccc3)cc(Cl)nc12. The third kappa shape index (κ3) is 3.26. The molecule has 3 N–H and O–H groups in total. The van der Waals surface area contributed by atoms with Gasteiger partial charge in [0, 0.05) is 29.4 Å². The molecule has 0 saturated heterocycles. The summed E-state index contributed by atoms with van der Waals surface area (Å²) in [6.07, 6.45) is 3.51. The van der Waals surface area contributed by atoms with Gasteiger partial charge in [0.15, 0.2) is 0 Å². The summed E-state index contributed by atoms with van der Waals surface area (Å²) in [6.45, 7) is 2.93. The molecule has 2 heterocycles. The van der Waals surface area contributed by atoms with Crippen molar-refractivity contribution in [3.8, 4) is 0 Å². The lowest BCUT2D eigenvalue weighted by molar-refractivity contribution is 0.620. The van der Waals surface area contributed by atoms with E-state index in [-0.39, 0.29) is 6.04 Å². The summed E-state index contributed by atoms with van der Waals surface area (Å²) < 4.78 is 1.19. The minimum Gasteiger partial charge on any atom is -0.380 e. The van der Waals surface area contributed by atoms with Crippen LogP contribution in [-0.2, 0) is 6.54 Å². The first-order valence-corrected chi connectivity index (χ1v) is 9.96. The molecule has 0 radical (unpaired) electrons. The van der Waals surface area contributed by atoms with Gasteiger partial charge in [-0.1, -0.05) is 48.4 Å². The third-order valence-electron chi connectivity index (χ3n) is 5.11. The second-order valence-corrected chi connectivity index (χ2v) is 8.24. The van der Waals surface area contributed by atoms with Crippen LogP contribution in [0.1, 0.15) is 41.2 Å². The number of thiophene rings is 1. The topological polar surface area (TPSA) is 50.9 Å². The van der Waals surface area contributed by atoms with Crippen LogP contribution in [0.4, 0.5) is 5.69 Å². The summed E-state index contributed by atoms with van der Waals surface area (Å²) in [5.41, 5.74) is 10.9. The molecular formula is C20H22ClN3S. The molecule has 1 aromatic carbocycles. The predicted molar refractivity (Wildman–Crippen MR) is 108 cm³/mol. The fourth-order valence-corrected chi connectivity index (χ4v) is 5.40. The number of rotatable bonds is 4. The maximum Gasteiger partial charge on any atom is 0.131 e. The first-order valence-electron chi connectivity index (χ1n) is 8.76. The van der Waals surface area contributed by atoms with Gasteiger partial charge in [-0.25, -0.2) is 4.98 Å². The molecule has 3 nitrogen and oxygen atoms in total. The molecule has 25 heavy (non-hydrogen) atoms. The van der Waals surface area contributed by atoms with Gasteiger partial charge in [-0.15, -0.1) is 11.3 Å². The van der Waals surface area contributed by atoms with Gasteiger partial charge in [-0.05, 0) is 30.9 Å². The highest BCUT2D eigenvalue weighted by atomic mass is 35.5. The Hall–Kier alpha value is -1.62. The monoisotopic (exact) mass is 371 g/mol. The van der Waals surface area contributed by atoms with Crippen LogP contribution in [0.5, 0.6) is 0 Å². The minimum atomic E-state index is 0.267. The first-order chi connectivity index (χ1) is 12.1. The van der Waals surface area contributed by atoms with E-state index >= 15 is 0 Å². The van der Waals surface area contributed by atoms with Crippen molar-refractivity contribution in [2.75, 3.05) is 5.32 Å². The lowest BCUT2D eigenvalue weighted by Crippen LogP contribution is -2.22. The van der Waals surface area contributed by atoms with Crippen molar-refractivity contribution < 1.29 is 0 Å². The Morgan fingerprint density at radius 2 is 2.08 bits per heavy atom. The molecule has 2 aromatic heterocycles. The van der Waals surface area contributed by atoms with E-state index in [1.165, 1.54) is 33.5 Å². The van der Waals surface area contributed by atoms with Crippen molar-refractivity contribution >= 4 is 38.8 Å². The zero-order chi connectivity index (χ0) is 17.4. The van der Waals surface area contributed by atoms with Crippen molar-refractivity contribution in [3.63, 3.8) is 0 Å². The Balaban J connectivity index is 1.71. The third-order valence-corrected chi connectivity index (χ3v) is 6.75. The number of anilines is 1. The van der Waals surface area contributed by atoms with E-state index in [0.717, 1.165) is 24.2 Å². The average Bonchev–Trinajstić information content (AvgIpc) is 3.17. The summed E-state index contributed by atoms with van der Waals surface area (Å²) in [7, 11) is 0. The molecule has 1 fully saturated rings. The van der Waals surface area contributed by atoms with E-state index in [1.54, 1.807) is 0 Å². The molecule has 130 valence electrons. The van der Waals surface area contributed by atoms with Crippen LogP contribution in [0.3, 0.4) is 0 Å². The fourth-order valence-electron chi connectivity index (χ4n) is 3.76. The van der Waals surface area contributed by atoms with Gasteiger partial charge in [0.1, 0.15) is 5.15 Å². The number of hydrogen-bond acceptors (Lipinski definition) is 4. The van der Waals surface area contributed by atoms with Gasteiger partial charge in [0.25, 0.3) is 0 Å². The largest absolute Gasteiger partial charge is 0.380 e. The summed E-state index contributed by atoms with van der Waals surface area (Å²) >= 11 is 8.14. The number of aromatic nitrogens is 1. The Bertz CT molecular complexity index is 891. The maximum absolute atomic E-state index is 6.35. The van der Waals surface area contributed by atoms with E-state index in [0.29, 0.717) is 11.1 Å². The molecule has 4 rings (SSSR count). The zero-order valence-electron chi connectivity index (χ0n) is 14.3. The van der Waals surface area contributed by atoms with Gasteiger partial charge in [-0.3, -0.25) is 0 Å². The molecule has 1 aliphatic carbocycles. The average molecular weight is 372 g/mol. The van der Waals surface area contributed by atoms with Crippen LogP contribution < -0.4 is 11.1 Å². The van der Waals surface area contributed by atoms with Crippen LogP contribution >= 0.6 is 22.9 Å². The van der Waals surface area contributed by atoms with Gasteiger partial charge < -0.3 is 11.1 Å². The van der Waals surface area contributed by atoms with E-state index in [2.05, 4.69) is 41.5 Å². The maximum atomic E-state index is 6.35. The van der Waals surface area contributed by atoms with E-state index < -0.39 is 0 Å². The summed E-state index contributed by atoms with van der Waals surface area (Å²) in [4.78, 5) is 5.99. The second-order valence-electron chi connectivity index (χ2n) is 6.80. The molecule has 0 spiro atoms. The Labute approximate surface area is 157 Å². The fraction of sp³-hybridized carbons (Fsp3) is 0.350. The molecule has 1 aliphatic rings. The van der Waals surface area contributed by atoms with E-state index in [1.807, 2.05) is 23.5 Å². The number of hydrogen-bond donors (Lipinski definition) is 2. The van der Waals surface area contributed by atoms with Crippen LogP contribution in [0.25, 0.3) is 10.2 Å². The summed E-state index contributed by atoms with van der Waals surface area (Å²) in [5.74, 6) is 0.458. The Morgan fingerprint density at radius 3 is 2.80 bits per heavy atom. The smallest absolute Gasteiger partial charge is 0.131 e. The van der Waals surface area contributed by atoms with E-state index in [9.17, 15) is 0 Å². The van der Waals surface area contributed by atoms with Crippen LogP contribution in [0.2, 0.25) is 5.15 Å². The van der Waals surface area contributed by atoms with Gasteiger partial charge in [0.05, 0.1) is 15.9 Å². The quantitative estimate of drug-likeness (QED) is 0.598. The number of nitrogens with one attached hydrogen (secondary N) is 1. The molecule has 0 unspecified atom stereocenters. The van der Waals surface area contributed by atoms with Crippen molar-refractivity contribution in [1.29, 1.82) is 0 Å². The van der Waals surface area contributed by atoms with Gasteiger partial charge >= 0.3 is 0 Å². The van der Waals surface area contributed by atoms with Crippen LogP contribution in [0, 0.1) is 6.92 Å². The molecule has 3 aromatic rings. The predicted octanol–water partition coefficient (Wildman–Crippen LogP) is 5.47. The molecule has 1 saturated carbocycles. The Kier molecular flexibility index (Phi) is 4.67. The second kappa shape index (κ2) is 6.94. The molecular weight excluding hydrogens is 350 g/mol. The molecule has 5 heteroatoms. The highest BCUT2D eigenvalue weighted by Gasteiger charge is 2.29. The molecule has 0 bridgehead atoms. The van der Waals surface area contributed by atoms with E-state index in [4.69, 9.17) is 17.3 Å². The molecule has 2 atom stereocenters. The summed E-state index contributed by atoms with van der Waals surface area (Å²) in [5, 5.41) is 4.08. The zero-order valence-corrected chi connectivity index (χ0v) is 15.8. The number of nitrogens with two attached hydrogens (primary N) is 1. The first kappa shape index (κ1) is 16.8.